The number of amides is 4. The highest BCUT2D eigenvalue weighted by Crippen LogP contribution is 2.30. The molecule has 2 aliphatic heterocycles. The summed E-state index contributed by atoms with van der Waals surface area (Å²) < 4.78 is 10.8. The summed E-state index contributed by atoms with van der Waals surface area (Å²) in [6.45, 7) is 5.50. The third kappa shape index (κ3) is 5.07. The van der Waals surface area contributed by atoms with Crippen LogP contribution in [0.4, 0.5) is 11.4 Å². The van der Waals surface area contributed by atoms with Gasteiger partial charge in [0.1, 0.15) is 0 Å². The van der Waals surface area contributed by atoms with Crippen LogP contribution in [0.1, 0.15) is 51.8 Å². The molecule has 0 bridgehead atoms. The van der Waals surface area contributed by atoms with Gasteiger partial charge in [-0.1, -0.05) is 0 Å². The average molecular weight is 479 g/mol. The maximum absolute atomic E-state index is 13.0. The molecule has 2 aromatic carbocycles. The Bertz CT molecular complexity index is 1200. The Morgan fingerprint density at radius 2 is 1.60 bits per heavy atom. The predicted octanol–water partition coefficient (Wildman–Crippen LogP) is 2.24. The van der Waals surface area contributed by atoms with Crippen LogP contribution in [0.5, 0.6) is 0 Å². The van der Waals surface area contributed by atoms with E-state index in [1.807, 2.05) is 13.8 Å². The maximum atomic E-state index is 13.0. The monoisotopic (exact) mass is 479 g/mol. The topological polar surface area (TPSA) is 122 Å². The molecule has 4 amide bonds. The number of morpholine rings is 1. The third-order valence-corrected chi connectivity index (χ3v) is 5.67. The van der Waals surface area contributed by atoms with Gasteiger partial charge in [-0.25, -0.2) is 9.69 Å². The number of ether oxygens (including phenoxy) is 2. The van der Waals surface area contributed by atoms with Crippen LogP contribution >= 0.6 is 0 Å². The quantitative estimate of drug-likeness (QED) is 0.515. The van der Waals surface area contributed by atoms with Crippen molar-refractivity contribution in [2.45, 2.75) is 33.0 Å². The van der Waals surface area contributed by atoms with E-state index >= 15 is 0 Å². The summed E-state index contributed by atoms with van der Waals surface area (Å²) in [5, 5.41) is 2.62. The minimum Gasteiger partial charge on any atom is -0.452 e. The number of carbonyl (C=O) groups excluding carboxylic acids is 5. The van der Waals surface area contributed by atoms with E-state index in [0.717, 1.165) is 4.90 Å². The van der Waals surface area contributed by atoms with Crippen molar-refractivity contribution in [2.75, 3.05) is 29.9 Å². The first-order valence-corrected chi connectivity index (χ1v) is 11.1. The summed E-state index contributed by atoms with van der Waals surface area (Å²) in [6.07, 6.45) is -0.216. The highest BCUT2D eigenvalue weighted by molar-refractivity contribution is 6.34. The second kappa shape index (κ2) is 9.67. The van der Waals surface area contributed by atoms with Crippen LogP contribution in [-0.2, 0) is 19.1 Å². The van der Waals surface area contributed by atoms with Crippen molar-refractivity contribution in [1.29, 1.82) is 0 Å². The van der Waals surface area contributed by atoms with E-state index in [4.69, 9.17) is 9.47 Å². The lowest BCUT2D eigenvalue weighted by molar-refractivity contribution is -0.146. The first-order chi connectivity index (χ1) is 16.6. The lowest BCUT2D eigenvalue weighted by Crippen LogP contribution is -2.49. The first kappa shape index (κ1) is 24.1. The molecule has 0 saturated carbocycles. The number of hydrogen-bond acceptors (Lipinski definition) is 7. The summed E-state index contributed by atoms with van der Waals surface area (Å²) in [5.74, 6) is -2.45. The van der Waals surface area contributed by atoms with Crippen LogP contribution in [0.25, 0.3) is 0 Å². The lowest BCUT2D eigenvalue weighted by Gasteiger charge is -2.35. The van der Waals surface area contributed by atoms with Gasteiger partial charge in [0.15, 0.2) is 6.61 Å². The molecule has 2 atom stereocenters. The molecular weight excluding hydrogens is 454 g/mol. The molecule has 2 heterocycles. The van der Waals surface area contributed by atoms with E-state index in [-0.39, 0.29) is 40.7 Å². The van der Waals surface area contributed by atoms with Gasteiger partial charge < -0.3 is 19.7 Å². The fourth-order valence-electron chi connectivity index (χ4n) is 4.18. The van der Waals surface area contributed by atoms with Crippen LogP contribution < -0.4 is 10.2 Å². The number of nitrogens with zero attached hydrogens (tertiary/aromatic N) is 2. The molecule has 0 spiro atoms. The van der Waals surface area contributed by atoms with E-state index in [2.05, 4.69) is 5.32 Å². The Kier molecular flexibility index (Phi) is 6.65. The Labute approximate surface area is 201 Å². The minimum atomic E-state index is -0.770. The molecule has 0 aromatic heterocycles. The number of rotatable bonds is 5. The van der Waals surface area contributed by atoms with Gasteiger partial charge in [0.05, 0.1) is 34.6 Å². The molecule has 1 fully saturated rings. The standard InChI is InChI=1S/C25H25N3O7/c1-14-11-27(12-15(2)35-14)22(30)13-34-25(33)17-4-9-20-21(10-17)24(32)28(23(20)31)19-7-5-18(6-8-19)26-16(3)29/h4-10,14-15H,11-13H2,1-3H3,(H,26,29). The minimum absolute atomic E-state index is 0.0595. The molecule has 0 radical (unpaired) electrons. The SMILES string of the molecule is CC(=O)Nc1ccc(N2C(=O)c3ccc(C(=O)OCC(=O)N4CC(C)OC(C)C4)cc3C2=O)cc1. The van der Waals surface area contributed by atoms with E-state index in [0.29, 0.717) is 24.5 Å². The smallest absolute Gasteiger partial charge is 0.338 e. The number of anilines is 2. The Hall–Kier alpha value is -4.05. The average Bonchev–Trinajstić information content (AvgIpc) is 3.06. The Morgan fingerprint density at radius 3 is 2.23 bits per heavy atom. The second-order valence-corrected chi connectivity index (χ2v) is 8.57. The zero-order valence-corrected chi connectivity index (χ0v) is 19.6. The second-order valence-electron chi connectivity index (χ2n) is 8.57. The summed E-state index contributed by atoms with van der Waals surface area (Å²) in [5.41, 5.74) is 1.14. The molecule has 2 aliphatic rings. The van der Waals surface area contributed by atoms with Gasteiger partial charge in [-0.3, -0.25) is 19.2 Å². The van der Waals surface area contributed by atoms with E-state index in [9.17, 15) is 24.0 Å². The summed E-state index contributed by atoms with van der Waals surface area (Å²) in [7, 11) is 0. The zero-order valence-electron chi connectivity index (χ0n) is 19.6. The van der Waals surface area contributed by atoms with Crippen LogP contribution in [-0.4, -0.2) is 66.4 Å². The van der Waals surface area contributed by atoms with E-state index in [1.54, 1.807) is 29.2 Å². The molecule has 10 heteroatoms. The largest absolute Gasteiger partial charge is 0.452 e. The fourth-order valence-corrected chi connectivity index (χ4v) is 4.18. The summed E-state index contributed by atoms with van der Waals surface area (Å²) in [4.78, 5) is 64.6. The third-order valence-electron chi connectivity index (χ3n) is 5.67. The molecule has 182 valence electrons. The highest BCUT2D eigenvalue weighted by atomic mass is 16.5. The van der Waals surface area contributed by atoms with Gasteiger partial charge in [-0.05, 0) is 56.3 Å². The lowest BCUT2D eigenvalue weighted by atomic mass is 10.1. The van der Waals surface area contributed by atoms with Gasteiger partial charge in [0.25, 0.3) is 17.7 Å². The van der Waals surface area contributed by atoms with E-state index < -0.39 is 24.4 Å². The number of benzene rings is 2. The van der Waals surface area contributed by atoms with Gasteiger partial charge >= 0.3 is 5.97 Å². The molecule has 2 unspecified atom stereocenters. The normalized spacial score (nSPS) is 19.4. The molecule has 1 saturated heterocycles. The summed E-state index contributed by atoms with van der Waals surface area (Å²) >= 11 is 0. The van der Waals surface area contributed by atoms with E-state index in [1.165, 1.54) is 25.1 Å². The van der Waals surface area contributed by atoms with Crippen LogP contribution in [0.2, 0.25) is 0 Å². The van der Waals surface area contributed by atoms with Crippen molar-refractivity contribution in [3.63, 3.8) is 0 Å². The van der Waals surface area contributed by atoms with Crippen molar-refractivity contribution in [3.05, 3.63) is 59.2 Å². The van der Waals surface area contributed by atoms with Gasteiger partial charge in [-0.2, -0.15) is 0 Å². The van der Waals surface area contributed by atoms with Crippen molar-refractivity contribution in [3.8, 4) is 0 Å². The number of fused-ring (bicyclic) bond motifs is 1. The number of carbonyl (C=O) groups is 5. The van der Waals surface area contributed by atoms with Crippen LogP contribution in [0.3, 0.4) is 0 Å². The molecular formula is C25H25N3O7. The Balaban J connectivity index is 1.44. The number of hydrogen-bond donors (Lipinski definition) is 1. The predicted molar refractivity (Wildman–Crippen MR) is 125 cm³/mol. The summed E-state index contributed by atoms with van der Waals surface area (Å²) in [6, 6.07) is 10.3. The van der Waals surface area contributed by atoms with Crippen molar-refractivity contribution < 1.29 is 33.4 Å². The number of nitrogens with one attached hydrogen (secondary N) is 1. The van der Waals surface area contributed by atoms with Crippen molar-refractivity contribution >= 4 is 41.0 Å². The first-order valence-electron chi connectivity index (χ1n) is 11.1. The van der Waals surface area contributed by atoms with Crippen LogP contribution in [0.15, 0.2) is 42.5 Å². The van der Waals surface area contributed by atoms with Gasteiger partial charge in [0.2, 0.25) is 5.91 Å². The zero-order chi connectivity index (χ0) is 25.3. The van der Waals surface area contributed by atoms with Gasteiger partial charge in [0, 0.05) is 25.7 Å². The maximum Gasteiger partial charge on any atom is 0.338 e. The van der Waals surface area contributed by atoms with Crippen LogP contribution in [0, 0.1) is 0 Å². The fraction of sp³-hybridized carbons (Fsp3) is 0.320. The molecule has 0 aliphatic carbocycles. The van der Waals surface area contributed by atoms with Gasteiger partial charge in [-0.15, -0.1) is 0 Å². The molecule has 35 heavy (non-hydrogen) atoms. The highest BCUT2D eigenvalue weighted by Gasteiger charge is 2.37. The number of esters is 1. The Morgan fingerprint density at radius 1 is 0.971 bits per heavy atom. The molecule has 10 nitrogen and oxygen atoms in total. The molecule has 2 aromatic rings. The van der Waals surface area contributed by atoms with Crippen molar-refractivity contribution in [2.24, 2.45) is 0 Å². The van der Waals surface area contributed by atoms with Crippen molar-refractivity contribution in [1.82, 2.24) is 4.90 Å². The molecule has 4 rings (SSSR count). The number of imide groups is 1. The molecule has 1 N–H and O–H groups in total.